The number of nitrogens with one attached hydrogen (secondary N) is 1. The summed E-state index contributed by atoms with van der Waals surface area (Å²) in [6.07, 6.45) is 4.50. The first-order valence-corrected chi connectivity index (χ1v) is 7.87. The van der Waals surface area contributed by atoms with E-state index < -0.39 is 10.2 Å². The molecule has 1 saturated heterocycles. The largest absolute Gasteiger partial charge is 0.395 e. The summed E-state index contributed by atoms with van der Waals surface area (Å²) in [4.78, 5) is 0. The molecule has 1 atom stereocenters. The summed E-state index contributed by atoms with van der Waals surface area (Å²) in [5, 5.41) is 9.24. The Morgan fingerprint density at radius 3 is 2.65 bits per heavy atom. The monoisotopic (exact) mass is 262 g/mol. The normalized spacial score (nSPS) is 35.5. The third-order valence-electron chi connectivity index (χ3n) is 3.78. The predicted molar refractivity (Wildman–Crippen MR) is 65.7 cm³/mol. The molecule has 1 aliphatic heterocycles. The Kier molecular flexibility index (Phi) is 4.07. The molecule has 2 aliphatic rings. The molecular weight excluding hydrogens is 240 g/mol. The summed E-state index contributed by atoms with van der Waals surface area (Å²) in [6, 6.07) is -0.144. The summed E-state index contributed by atoms with van der Waals surface area (Å²) in [5.74, 6) is 0.623. The molecule has 17 heavy (non-hydrogen) atoms. The fraction of sp³-hybridized carbons (Fsp3) is 1.00. The van der Waals surface area contributed by atoms with Crippen LogP contribution in [-0.4, -0.2) is 43.1 Å². The average Bonchev–Trinajstić information content (AvgIpc) is 2.26. The van der Waals surface area contributed by atoms with Crippen molar-refractivity contribution in [3.05, 3.63) is 0 Å². The van der Waals surface area contributed by atoms with Crippen LogP contribution in [0.4, 0.5) is 0 Å². The lowest BCUT2D eigenvalue weighted by molar-refractivity contribution is 0.151. The summed E-state index contributed by atoms with van der Waals surface area (Å²) >= 11 is 0. The molecule has 2 fully saturated rings. The van der Waals surface area contributed by atoms with Gasteiger partial charge in [0.2, 0.25) is 0 Å². The molecular formula is C11H22N2O3S. The van der Waals surface area contributed by atoms with Gasteiger partial charge in [0.25, 0.3) is 10.2 Å². The number of aliphatic hydroxyl groups excluding tert-OH is 1. The Labute approximate surface area is 103 Å². The minimum Gasteiger partial charge on any atom is -0.395 e. The summed E-state index contributed by atoms with van der Waals surface area (Å²) in [7, 11) is -3.40. The second kappa shape index (κ2) is 5.22. The highest BCUT2D eigenvalue weighted by atomic mass is 32.2. The quantitative estimate of drug-likeness (QED) is 0.773. The van der Waals surface area contributed by atoms with Crippen molar-refractivity contribution in [3.8, 4) is 0 Å². The van der Waals surface area contributed by atoms with Crippen LogP contribution in [-0.2, 0) is 10.2 Å². The summed E-state index contributed by atoms with van der Waals surface area (Å²) < 4.78 is 28.5. The molecule has 0 spiro atoms. The van der Waals surface area contributed by atoms with Gasteiger partial charge in [-0.25, -0.2) is 0 Å². The van der Waals surface area contributed by atoms with Crippen molar-refractivity contribution in [1.82, 2.24) is 9.03 Å². The SMILES string of the molecule is CC1CC(NS(=O)(=O)N2CCCCC2CO)C1. The van der Waals surface area contributed by atoms with Crippen molar-refractivity contribution in [2.24, 2.45) is 5.92 Å². The second-order valence-corrected chi connectivity index (χ2v) is 6.99. The molecule has 2 N–H and O–H groups in total. The highest BCUT2D eigenvalue weighted by molar-refractivity contribution is 7.87. The molecule has 0 bridgehead atoms. The zero-order valence-electron chi connectivity index (χ0n) is 10.3. The molecule has 6 heteroatoms. The molecule has 1 aliphatic carbocycles. The minimum absolute atomic E-state index is 0.0814. The van der Waals surface area contributed by atoms with Crippen LogP contribution in [0.25, 0.3) is 0 Å². The van der Waals surface area contributed by atoms with Gasteiger partial charge >= 0.3 is 0 Å². The number of hydrogen-bond acceptors (Lipinski definition) is 3. The maximum atomic E-state index is 12.2. The van der Waals surface area contributed by atoms with Gasteiger partial charge in [-0.15, -0.1) is 0 Å². The molecule has 100 valence electrons. The molecule has 1 unspecified atom stereocenters. The minimum atomic E-state index is -3.40. The number of aliphatic hydroxyl groups is 1. The van der Waals surface area contributed by atoms with Crippen LogP contribution < -0.4 is 4.72 Å². The van der Waals surface area contributed by atoms with E-state index >= 15 is 0 Å². The Morgan fingerprint density at radius 2 is 2.06 bits per heavy atom. The number of nitrogens with zero attached hydrogens (tertiary/aromatic N) is 1. The van der Waals surface area contributed by atoms with Gasteiger partial charge in [-0.3, -0.25) is 0 Å². The predicted octanol–water partition coefficient (Wildman–Crippen LogP) is 0.466. The van der Waals surface area contributed by atoms with Gasteiger partial charge < -0.3 is 5.11 Å². The van der Waals surface area contributed by atoms with Crippen LogP contribution in [0, 0.1) is 5.92 Å². The van der Waals surface area contributed by atoms with Gasteiger partial charge in [-0.2, -0.15) is 17.4 Å². The lowest BCUT2D eigenvalue weighted by atomic mass is 9.83. The van der Waals surface area contributed by atoms with E-state index in [1.165, 1.54) is 4.31 Å². The molecule has 5 nitrogen and oxygen atoms in total. The lowest BCUT2D eigenvalue weighted by Crippen LogP contribution is -2.54. The Morgan fingerprint density at radius 1 is 1.35 bits per heavy atom. The van der Waals surface area contributed by atoms with Gasteiger partial charge in [-0.05, 0) is 31.6 Å². The van der Waals surface area contributed by atoms with E-state index in [1.807, 2.05) is 0 Å². The zero-order valence-corrected chi connectivity index (χ0v) is 11.1. The van der Waals surface area contributed by atoms with Gasteiger partial charge in [0, 0.05) is 18.6 Å². The molecule has 1 heterocycles. The number of rotatable bonds is 4. The highest BCUT2D eigenvalue weighted by Gasteiger charge is 2.36. The third kappa shape index (κ3) is 2.99. The van der Waals surface area contributed by atoms with E-state index in [0.29, 0.717) is 12.5 Å². The Bertz CT molecular complexity index is 352. The summed E-state index contributed by atoms with van der Waals surface area (Å²) in [6.45, 7) is 2.58. The highest BCUT2D eigenvalue weighted by Crippen LogP contribution is 2.28. The fourth-order valence-electron chi connectivity index (χ4n) is 2.75. The molecule has 0 amide bonds. The number of hydrogen-bond donors (Lipinski definition) is 2. The van der Waals surface area contributed by atoms with Crippen LogP contribution in [0.3, 0.4) is 0 Å². The van der Waals surface area contributed by atoms with Crippen molar-refractivity contribution in [2.45, 2.75) is 51.1 Å². The number of piperidine rings is 1. The van der Waals surface area contributed by atoms with E-state index in [2.05, 4.69) is 11.6 Å². The molecule has 2 rings (SSSR count). The maximum Gasteiger partial charge on any atom is 0.280 e. The summed E-state index contributed by atoms with van der Waals surface area (Å²) in [5.41, 5.74) is 0. The van der Waals surface area contributed by atoms with Crippen molar-refractivity contribution in [2.75, 3.05) is 13.2 Å². The van der Waals surface area contributed by atoms with Crippen LogP contribution in [0.15, 0.2) is 0 Å². The van der Waals surface area contributed by atoms with Crippen molar-refractivity contribution >= 4 is 10.2 Å². The molecule has 1 saturated carbocycles. The van der Waals surface area contributed by atoms with Crippen molar-refractivity contribution in [1.29, 1.82) is 0 Å². The van der Waals surface area contributed by atoms with Gasteiger partial charge in [0.05, 0.1) is 6.61 Å². The smallest absolute Gasteiger partial charge is 0.280 e. The molecule has 0 aromatic carbocycles. The Hall–Kier alpha value is -0.170. The first-order chi connectivity index (χ1) is 8.03. The van der Waals surface area contributed by atoms with Crippen LogP contribution >= 0.6 is 0 Å². The Balaban J connectivity index is 1.98. The molecule has 0 aromatic rings. The van der Waals surface area contributed by atoms with Gasteiger partial charge in [-0.1, -0.05) is 13.3 Å². The first-order valence-electron chi connectivity index (χ1n) is 6.43. The van der Waals surface area contributed by atoms with Crippen LogP contribution in [0.2, 0.25) is 0 Å². The molecule has 0 radical (unpaired) electrons. The van der Waals surface area contributed by atoms with Crippen molar-refractivity contribution in [3.63, 3.8) is 0 Å². The average molecular weight is 262 g/mol. The van der Waals surface area contributed by atoms with Crippen LogP contribution in [0.1, 0.15) is 39.0 Å². The van der Waals surface area contributed by atoms with E-state index in [9.17, 15) is 13.5 Å². The van der Waals surface area contributed by atoms with Crippen LogP contribution in [0.5, 0.6) is 0 Å². The van der Waals surface area contributed by atoms with Gasteiger partial charge in [0.1, 0.15) is 0 Å². The fourth-order valence-corrected chi connectivity index (χ4v) is 4.43. The molecule has 0 aromatic heterocycles. The van der Waals surface area contributed by atoms with E-state index in [1.54, 1.807) is 0 Å². The van der Waals surface area contributed by atoms with Gasteiger partial charge in [0.15, 0.2) is 0 Å². The second-order valence-electron chi connectivity index (χ2n) is 5.34. The van der Waals surface area contributed by atoms with E-state index in [-0.39, 0.29) is 18.7 Å². The first kappa shape index (κ1) is 13.3. The zero-order chi connectivity index (χ0) is 12.5. The standard InChI is InChI=1S/C11H22N2O3S/c1-9-6-10(7-9)12-17(15,16)13-5-3-2-4-11(13)8-14/h9-12,14H,2-8H2,1H3. The van der Waals surface area contributed by atoms with E-state index in [0.717, 1.165) is 32.1 Å². The maximum absolute atomic E-state index is 12.2. The van der Waals surface area contributed by atoms with E-state index in [4.69, 9.17) is 0 Å². The van der Waals surface area contributed by atoms with Crippen molar-refractivity contribution < 1.29 is 13.5 Å². The topological polar surface area (TPSA) is 69.6 Å². The third-order valence-corrected chi connectivity index (χ3v) is 5.51. The lowest BCUT2D eigenvalue weighted by Gasteiger charge is -2.38.